The van der Waals surface area contributed by atoms with Gasteiger partial charge in [-0.2, -0.15) is 0 Å². The summed E-state index contributed by atoms with van der Waals surface area (Å²) in [6, 6.07) is 16.0. The van der Waals surface area contributed by atoms with Crippen molar-refractivity contribution in [3.05, 3.63) is 65.2 Å². The molecule has 3 nitrogen and oxygen atoms in total. The van der Waals surface area contributed by atoms with Crippen LogP contribution in [0.2, 0.25) is 5.02 Å². The van der Waals surface area contributed by atoms with Crippen LogP contribution in [-0.2, 0) is 9.09 Å². The lowest BCUT2D eigenvalue weighted by atomic mass is 9.75. The molecule has 1 N–H and O–H groups in total. The van der Waals surface area contributed by atoms with Gasteiger partial charge in [0.1, 0.15) is 0 Å². The molecule has 3 rings (SSSR count). The van der Waals surface area contributed by atoms with Crippen LogP contribution in [-0.4, -0.2) is 11.2 Å². The topological polar surface area (TPSA) is 46.5 Å². The van der Waals surface area contributed by atoms with E-state index in [0.717, 1.165) is 19.3 Å². The molecule has 0 heterocycles. The molecule has 1 saturated carbocycles. The van der Waals surface area contributed by atoms with Crippen molar-refractivity contribution in [2.75, 3.05) is 0 Å². The van der Waals surface area contributed by atoms with Crippen molar-refractivity contribution in [3.8, 4) is 0 Å². The second kappa shape index (κ2) is 9.13. The largest absolute Gasteiger partial charge is 0.378 e. The summed E-state index contributed by atoms with van der Waals surface area (Å²) in [6.45, 7) is 6.61. The molecule has 0 bridgehead atoms. The van der Waals surface area contributed by atoms with Crippen LogP contribution in [0.25, 0.3) is 0 Å². The predicted molar refractivity (Wildman–Crippen MR) is 116 cm³/mol. The van der Waals surface area contributed by atoms with Gasteiger partial charge in [0.2, 0.25) is 0 Å². The van der Waals surface area contributed by atoms with Crippen LogP contribution in [0.3, 0.4) is 0 Å². The van der Waals surface area contributed by atoms with Gasteiger partial charge in [0.15, 0.2) is 5.85 Å². The molecule has 5 heteroatoms. The third-order valence-corrected chi connectivity index (χ3v) is 8.66. The Labute approximate surface area is 173 Å². The molecule has 2 aromatic rings. The summed E-state index contributed by atoms with van der Waals surface area (Å²) in [5, 5.41) is 12.3. The highest BCUT2D eigenvalue weighted by Gasteiger charge is 2.42. The summed E-state index contributed by atoms with van der Waals surface area (Å²) in [7, 11) is -3.56. The maximum absolute atomic E-state index is 14.2. The Morgan fingerprint density at radius 3 is 2.32 bits per heavy atom. The van der Waals surface area contributed by atoms with Gasteiger partial charge in [-0.1, -0.05) is 69.1 Å². The summed E-state index contributed by atoms with van der Waals surface area (Å²) < 4.78 is 20.7. The van der Waals surface area contributed by atoms with Crippen LogP contribution in [0, 0.1) is 17.8 Å². The van der Waals surface area contributed by atoms with Crippen molar-refractivity contribution in [1.82, 2.24) is 0 Å². The molecule has 0 radical (unpaired) electrons. The van der Waals surface area contributed by atoms with Gasteiger partial charge < -0.3 is 9.63 Å². The summed E-state index contributed by atoms with van der Waals surface area (Å²) in [6.07, 6.45) is 2.97. The second-order valence-corrected chi connectivity index (χ2v) is 11.2. The molecule has 0 aromatic heterocycles. The molecule has 0 aliphatic heterocycles. The maximum atomic E-state index is 14.2. The van der Waals surface area contributed by atoms with Gasteiger partial charge in [-0.05, 0) is 60.4 Å². The lowest BCUT2D eigenvalue weighted by Crippen LogP contribution is -2.35. The number of hydrogen-bond acceptors (Lipinski definition) is 3. The van der Waals surface area contributed by atoms with Gasteiger partial charge in [-0.25, -0.2) is 0 Å². The number of aliphatic hydroxyl groups is 1. The summed E-state index contributed by atoms with van der Waals surface area (Å²) >= 11 is 5.99. The lowest BCUT2D eigenvalue weighted by molar-refractivity contribution is 0.0427. The van der Waals surface area contributed by atoms with Crippen molar-refractivity contribution in [2.24, 2.45) is 17.8 Å². The van der Waals surface area contributed by atoms with Crippen LogP contribution < -0.4 is 5.30 Å². The Balaban J connectivity index is 1.99. The highest BCUT2D eigenvalue weighted by Crippen LogP contribution is 2.60. The molecule has 0 saturated heterocycles. The minimum Gasteiger partial charge on any atom is -0.378 e. The van der Waals surface area contributed by atoms with Crippen molar-refractivity contribution < 1.29 is 14.2 Å². The molecule has 152 valence electrons. The molecule has 5 atom stereocenters. The molecule has 1 aliphatic carbocycles. The Hall–Kier alpha value is -1.12. The van der Waals surface area contributed by atoms with Gasteiger partial charge in [-0.3, -0.25) is 4.57 Å². The highest BCUT2D eigenvalue weighted by molar-refractivity contribution is 7.67. The third kappa shape index (κ3) is 4.71. The van der Waals surface area contributed by atoms with E-state index < -0.39 is 13.2 Å². The van der Waals surface area contributed by atoms with E-state index in [4.69, 9.17) is 16.1 Å². The van der Waals surface area contributed by atoms with E-state index >= 15 is 0 Å². The van der Waals surface area contributed by atoms with Crippen LogP contribution in [0.15, 0.2) is 54.6 Å². The first-order valence-corrected chi connectivity index (χ1v) is 12.2. The third-order valence-electron chi connectivity index (χ3n) is 5.86. The van der Waals surface area contributed by atoms with Gasteiger partial charge in [0.25, 0.3) is 7.37 Å². The van der Waals surface area contributed by atoms with Crippen LogP contribution in [0.1, 0.15) is 51.4 Å². The number of aliphatic hydroxyl groups excluding tert-OH is 1. The monoisotopic (exact) mass is 420 g/mol. The summed E-state index contributed by atoms with van der Waals surface area (Å²) in [4.78, 5) is 0. The molecule has 1 fully saturated rings. The van der Waals surface area contributed by atoms with Gasteiger partial charge in [0, 0.05) is 10.3 Å². The lowest BCUT2D eigenvalue weighted by Gasteiger charge is -2.39. The molecular weight excluding hydrogens is 391 g/mol. The Bertz CT molecular complexity index is 806. The van der Waals surface area contributed by atoms with Gasteiger partial charge in [-0.15, -0.1) is 0 Å². The van der Waals surface area contributed by atoms with E-state index in [2.05, 4.69) is 20.8 Å². The molecule has 2 aromatic carbocycles. The van der Waals surface area contributed by atoms with Crippen molar-refractivity contribution >= 4 is 24.3 Å². The standard InChI is InChI=1S/C23H30ClO3P/c1-16(2)21-14-9-17(3)15-22(21)27-28(26,20-7-5-4-6-8-20)23(25)18-10-12-19(24)13-11-18/h4-8,10-13,16-17,21-23,25H,9,14-15H2,1-3H3. The second-order valence-electron chi connectivity index (χ2n) is 8.33. The first-order valence-electron chi connectivity index (χ1n) is 10.1. The summed E-state index contributed by atoms with van der Waals surface area (Å²) in [5.74, 6) is 0.0779. The van der Waals surface area contributed by atoms with Crippen molar-refractivity contribution in [3.63, 3.8) is 0 Å². The number of benzene rings is 2. The van der Waals surface area contributed by atoms with Crippen molar-refractivity contribution in [2.45, 2.75) is 52.0 Å². The van der Waals surface area contributed by atoms with Crippen LogP contribution >= 0.6 is 19.0 Å². The van der Waals surface area contributed by atoms with E-state index in [9.17, 15) is 9.67 Å². The first-order chi connectivity index (χ1) is 13.3. The zero-order valence-corrected chi connectivity index (χ0v) is 18.4. The van der Waals surface area contributed by atoms with Crippen LogP contribution in [0.5, 0.6) is 0 Å². The number of hydrogen-bond donors (Lipinski definition) is 1. The van der Waals surface area contributed by atoms with Crippen molar-refractivity contribution in [1.29, 1.82) is 0 Å². The highest BCUT2D eigenvalue weighted by atomic mass is 35.5. The fourth-order valence-corrected chi connectivity index (χ4v) is 6.61. The Morgan fingerprint density at radius 1 is 1.07 bits per heavy atom. The van der Waals surface area contributed by atoms with E-state index in [1.165, 1.54) is 0 Å². The minimum absolute atomic E-state index is 0.128. The predicted octanol–water partition coefficient (Wildman–Crippen LogP) is 6.41. The normalized spacial score (nSPS) is 26.0. The van der Waals surface area contributed by atoms with E-state index in [1.807, 2.05) is 18.2 Å². The van der Waals surface area contributed by atoms with Crippen LogP contribution in [0.4, 0.5) is 0 Å². The molecule has 28 heavy (non-hydrogen) atoms. The van der Waals surface area contributed by atoms with E-state index in [1.54, 1.807) is 36.4 Å². The van der Waals surface area contributed by atoms with E-state index in [0.29, 0.717) is 33.6 Å². The van der Waals surface area contributed by atoms with Gasteiger partial charge in [0.05, 0.1) is 6.10 Å². The average Bonchev–Trinajstić information content (AvgIpc) is 2.68. The quantitative estimate of drug-likeness (QED) is 0.549. The minimum atomic E-state index is -3.56. The van der Waals surface area contributed by atoms with E-state index in [-0.39, 0.29) is 6.10 Å². The fraction of sp³-hybridized carbons (Fsp3) is 0.478. The maximum Gasteiger partial charge on any atom is 0.264 e. The summed E-state index contributed by atoms with van der Waals surface area (Å²) in [5.41, 5.74) is 0.557. The zero-order chi connectivity index (χ0) is 20.3. The molecule has 0 amide bonds. The molecule has 0 spiro atoms. The molecular formula is C23H30ClO3P. The Morgan fingerprint density at radius 2 is 1.71 bits per heavy atom. The fourth-order valence-electron chi connectivity index (χ4n) is 4.16. The number of rotatable bonds is 6. The molecule has 5 unspecified atom stereocenters. The van der Waals surface area contributed by atoms with Gasteiger partial charge >= 0.3 is 0 Å². The Kier molecular flexibility index (Phi) is 7.04. The average molecular weight is 421 g/mol. The SMILES string of the molecule is CC1CCC(C(C)C)C(OP(=O)(c2ccccc2)C(O)c2ccc(Cl)cc2)C1. The smallest absolute Gasteiger partial charge is 0.264 e. The zero-order valence-electron chi connectivity index (χ0n) is 16.8. The molecule has 1 aliphatic rings. The first kappa shape index (κ1) is 21.6. The number of halogens is 1.